The Morgan fingerprint density at radius 2 is 1.78 bits per heavy atom. The van der Waals surface area contributed by atoms with Gasteiger partial charge in [-0.05, 0) is 78.2 Å². The van der Waals surface area contributed by atoms with Gasteiger partial charge in [0.25, 0.3) is 0 Å². The molecule has 23 heavy (non-hydrogen) atoms. The van der Waals surface area contributed by atoms with E-state index < -0.39 is 10.0 Å². The lowest BCUT2D eigenvalue weighted by Gasteiger charge is -2.14. The molecule has 0 aliphatic heterocycles. The van der Waals surface area contributed by atoms with Gasteiger partial charge in [0.15, 0.2) is 0 Å². The first-order valence-electron chi connectivity index (χ1n) is 6.96. The molecule has 0 aliphatic carbocycles. The van der Waals surface area contributed by atoms with Crippen LogP contribution in [0.1, 0.15) is 18.1 Å². The summed E-state index contributed by atoms with van der Waals surface area (Å²) in [6.45, 7) is 5.10. The normalized spacial score (nSPS) is 11.3. The summed E-state index contributed by atoms with van der Waals surface area (Å²) in [4.78, 5) is 0. The Labute approximate surface area is 143 Å². The Morgan fingerprint density at radius 3 is 2.30 bits per heavy atom. The van der Waals surface area contributed by atoms with Crippen LogP contribution < -0.4 is 9.46 Å². The molecule has 7 heteroatoms. The van der Waals surface area contributed by atoms with Gasteiger partial charge in [-0.1, -0.05) is 0 Å². The van der Waals surface area contributed by atoms with Crippen LogP contribution in [0.2, 0.25) is 0 Å². The summed E-state index contributed by atoms with van der Waals surface area (Å²) >= 11 is 3.36. The highest BCUT2D eigenvalue weighted by Gasteiger charge is 2.12. The van der Waals surface area contributed by atoms with E-state index in [0.29, 0.717) is 32.8 Å². The second kappa shape index (κ2) is 6.88. The van der Waals surface area contributed by atoms with Crippen molar-refractivity contribution in [1.82, 2.24) is 0 Å². The minimum Gasteiger partial charge on any atom is -0.456 e. The molecule has 0 radical (unpaired) electrons. The number of rotatable bonds is 5. The lowest BCUT2D eigenvalue weighted by molar-refractivity contribution is 0.469. The molecule has 0 amide bonds. The van der Waals surface area contributed by atoms with Gasteiger partial charge in [-0.25, -0.2) is 12.8 Å². The Kier molecular flexibility index (Phi) is 5.31. The fraction of sp³-hybridized carbons (Fsp3) is 0.250. The Balaban J connectivity index is 2.29. The predicted octanol–water partition coefficient (Wildman–Crippen LogP) is 4.76. The van der Waals surface area contributed by atoms with Crippen LogP contribution in [0, 0.1) is 19.7 Å². The van der Waals surface area contributed by atoms with E-state index in [1.165, 1.54) is 12.1 Å². The highest BCUT2D eigenvalue weighted by molar-refractivity contribution is 9.10. The van der Waals surface area contributed by atoms with Crippen LogP contribution in [0.25, 0.3) is 0 Å². The highest BCUT2D eigenvalue weighted by atomic mass is 79.9. The van der Waals surface area contributed by atoms with E-state index in [0.717, 1.165) is 0 Å². The van der Waals surface area contributed by atoms with Crippen LogP contribution >= 0.6 is 15.9 Å². The van der Waals surface area contributed by atoms with E-state index in [9.17, 15) is 12.8 Å². The monoisotopic (exact) mass is 401 g/mol. The molecule has 0 aliphatic rings. The Morgan fingerprint density at radius 1 is 1.17 bits per heavy atom. The second-order valence-corrected chi connectivity index (χ2v) is 7.99. The first-order valence-corrected chi connectivity index (χ1v) is 9.41. The van der Waals surface area contributed by atoms with Gasteiger partial charge in [-0.15, -0.1) is 0 Å². The number of sulfonamides is 1. The lowest BCUT2D eigenvalue weighted by atomic mass is 10.1. The largest absolute Gasteiger partial charge is 0.456 e. The zero-order chi connectivity index (χ0) is 17.2. The molecular weight excluding hydrogens is 385 g/mol. The number of nitrogens with one attached hydrogen (secondary N) is 1. The maximum absolute atomic E-state index is 13.3. The molecule has 0 unspecified atom stereocenters. The number of aryl methyl sites for hydroxylation is 2. The van der Waals surface area contributed by atoms with Crippen molar-refractivity contribution in [3.8, 4) is 11.5 Å². The third-order valence-electron chi connectivity index (χ3n) is 3.22. The van der Waals surface area contributed by atoms with Crippen molar-refractivity contribution in [2.24, 2.45) is 0 Å². The molecular formula is C16H17BrFNO3S. The predicted molar refractivity (Wildman–Crippen MR) is 93.2 cm³/mol. The van der Waals surface area contributed by atoms with Crippen molar-refractivity contribution >= 4 is 31.6 Å². The van der Waals surface area contributed by atoms with Crippen LogP contribution in [0.3, 0.4) is 0 Å². The topological polar surface area (TPSA) is 55.4 Å². The first-order chi connectivity index (χ1) is 10.7. The number of halogens is 2. The zero-order valence-corrected chi connectivity index (χ0v) is 15.4. The minimum absolute atomic E-state index is 0.00314. The summed E-state index contributed by atoms with van der Waals surface area (Å²) < 4.78 is 45.4. The van der Waals surface area contributed by atoms with Crippen molar-refractivity contribution < 1.29 is 17.5 Å². The van der Waals surface area contributed by atoms with Gasteiger partial charge in [0.2, 0.25) is 10.0 Å². The Bertz CT molecular complexity index is 814. The van der Waals surface area contributed by atoms with Gasteiger partial charge in [-0.2, -0.15) is 0 Å². The average molecular weight is 402 g/mol. The van der Waals surface area contributed by atoms with Crippen molar-refractivity contribution in [1.29, 1.82) is 0 Å². The molecule has 2 aromatic rings. The molecule has 0 saturated heterocycles. The molecule has 124 valence electrons. The van der Waals surface area contributed by atoms with Crippen LogP contribution in [0.4, 0.5) is 10.1 Å². The molecule has 1 N–H and O–H groups in total. The number of hydrogen-bond donors (Lipinski definition) is 1. The molecule has 0 atom stereocenters. The van der Waals surface area contributed by atoms with Crippen LogP contribution in [0.15, 0.2) is 34.8 Å². The molecule has 4 nitrogen and oxygen atoms in total. The van der Waals surface area contributed by atoms with E-state index >= 15 is 0 Å². The third kappa shape index (κ3) is 4.45. The van der Waals surface area contributed by atoms with Crippen molar-refractivity contribution in [2.45, 2.75) is 20.8 Å². The highest BCUT2D eigenvalue weighted by Crippen LogP contribution is 2.35. The SMILES string of the molecule is CCS(=O)(=O)Nc1ccc(Oc2c(C)cc(F)cc2C)c(Br)c1. The minimum atomic E-state index is -3.33. The molecule has 0 fully saturated rings. The van der Waals surface area contributed by atoms with Gasteiger partial charge >= 0.3 is 0 Å². The van der Waals surface area contributed by atoms with Gasteiger partial charge < -0.3 is 4.74 Å². The number of ether oxygens (including phenoxy) is 1. The van der Waals surface area contributed by atoms with E-state index in [1.807, 2.05) is 0 Å². The van der Waals surface area contributed by atoms with E-state index in [1.54, 1.807) is 39.0 Å². The number of hydrogen-bond acceptors (Lipinski definition) is 3. The Hall–Kier alpha value is -1.60. The quantitative estimate of drug-likeness (QED) is 0.785. The third-order valence-corrected chi connectivity index (χ3v) is 5.15. The lowest BCUT2D eigenvalue weighted by Crippen LogP contribution is -2.14. The molecule has 0 spiro atoms. The van der Waals surface area contributed by atoms with Gasteiger partial charge in [0, 0.05) is 5.69 Å². The summed E-state index contributed by atoms with van der Waals surface area (Å²) in [5.41, 5.74) is 1.81. The summed E-state index contributed by atoms with van der Waals surface area (Å²) in [5, 5.41) is 0. The van der Waals surface area contributed by atoms with Crippen molar-refractivity contribution in [3.05, 3.63) is 51.7 Å². The second-order valence-electron chi connectivity index (χ2n) is 5.12. The first kappa shape index (κ1) is 17.7. The van der Waals surface area contributed by atoms with Gasteiger partial charge in [-0.3, -0.25) is 4.72 Å². The van der Waals surface area contributed by atoms with Gasteiger partial charge in [0.05, 0.1) is 10.2 Å². The summed E-state index contributed by atoms with van der Waals surface area (Å²) in [5.74, 6) is 0.781. The summed E-state index contributed by atoms with van der Waals surface area (Å²) in [7, 11) is -3.33. The standard InChI is InChI=1S/C16H17BrFNO3S/c1-4-23(20,21)19-13-5-6-15(14(17)9-13)22-16-10(2)7-12(18)8-11(16)3/h5-9,19H,4H2,1-3H3. The van der Waals surface area contributed by atoms with Crippen LogP contribution in [-0.2, 0) is 10.0 Å². The summed E-state index contributed by atoms with van der Waals surface area (Å²) in [6, 6.07) is 7.69. The average Bonchev–Trinajstić information content (AvgIpc) is 2.44. The maximum atomic E-state index is 13.3. The van der Waals surface area contributed by atoms with E-state index in [-0.39, 0.29) is 11.6 Å². The molecule has 0 aromatic heterocycles. The van der Waals surface area contributed by atoms with E-state index in [4.69, 9.17) is 4.74 Å². The smallest absolute Gasteiger partial charge is 0.232 e. The van der Waals surface area contributed by atoms with Crippen molar-refractivity contribution in [2.75, 3.05) is 10.5 Å². The maximum Gasteiger partial charge on any atom is 0.232 e. The number of benzene rings is 2. The summed E-state index contributed by atoms with van der Waals surface area (Å²) in [6.07, 6.45) is 0. The molecule has 0 heterocycles. The van der Waals surface area contributed by atoms with Crippen LogP contribution in [-0.4, -0.2) is 14.2 Å². The number of anilines is 1. The van der Waals surface area contributed by atoms with Crippen molar-refractivity contribution in [3.63, 3.8) is 0 Å². The molecule has 0 bridgehead atoms. The molecule has 0 saturated carbocycles. The van der Waals surface area contributed by atoms with Gasteiger partial charge in [0.1, 0.15) is 17.3 Å². The van der Waals surface area contributed by atoms with Crippen LogP contribution in [0.5, 0.6) is 11.5 Å². The molecule has 2 aromatic carbocycles. The molecule has 2 rings (SSSR count). The fourth-order valence-corrected chi connectivity index (χ4v) is 3.16. The fourth-order valence-electron chi connectivity index (χ4n) is 2.07. The van der Waals surface area contributed by atoms with E-state index in [2.05, 4.69) is 20.7 Å². The zero-order valence-electron chi connectivity index (χ0n) is 13.0.